The van der Waals surface area contributed by atoms with Gasteiger partial charge in [-0.3, -0.25) is 9.69 Å². The molecule has 3 fully saturated rings. The van der Waals surface area contributed by atoms with Gasteiger partial charge >= 0.3 is 0 Å². The molecule has 0 radical (unpaired) electrons. The van der Waals surface area contributed by atoms with Crippen LogP contribution in [0.1, 0.15) is 71.8 Å². The number of hydrogen-bond donors (Lipinski definition) is 0. The molecule has 2 unspecified atom stereocenters. The Morgan fingerprint density at radius 3 is 2.12 bits per heavy atom. The fourth-order valence-corrected chi connectivity index (χ4v) is 6.16. The molecule has 1 saturated carbocycles. The number of aromatic nitrogens is 2. The summed E-state index contributed by atoms with van der Waals surface area (Å²) >= 11 is 0. The van der Waals surface area contributed by atoms with Crippen LogP contribution in [0, 0.1) is 17.8 Å². The monoisotopic (exact) mass is 441 g/mol. The highest BCUT2D eigenvalue weighted by atomic mass is 16.1. The first kappa shape index (κ1) is 23.6. The van der Waals surface area contributed by atoms with Crippen molar-refractivity contribution in [1.29, 1.82) is 0 Å². The topological polar surface area (TPSA) is 52.6 Å². The maximum absolute atomic E-state index is 12.3. The third-order valence-electron chi connectivity index (χ3n) is 8.00. The van der Waals surface area contributed by atoms with E-state index in [0.717, 1.165) is 45.0 Å². The zero-order valence-corrected chi connectivity index (χ0v) is 20.8. The Balaban J connectivity index is 1.26. The molecule has 1 aliphatic carbocycles. The Morgan fingerprint density at radius 1 is 1.00 bits per heavy atom. The summed E-state index contributed by atoms with van der Waals surface area (Å²) in [6, 6.07) is 1.73. The first-order valence-electron chi connectivity index (χ1n) is 12.9. The molecular formula is C26H43N5O. The van der Waals surface area contributed by atoms with Gasteiger partial charge in [0, 0.05) is 74.1 Å². The van der Waals surface area contributed by atoms with Crippen LogP contribution >= 0.6 is 0 Å². The molecule has 32 heavy (non-hydrogen) atoms. The number of nitrogens with zero attached hydrogens (tertiary/aromatic N) is 5. The molecule has 2 saturated heterocycles. The van der Waals surface area contributed by atoms with E-state index in [1.165, 1.54) is 31.2 Å². The van der Waals surface area contributed by atoms with Gasteiger partial charge in [-0.2, -0.15) is 0 Å². The number of piperazine rings is 1. The minimum absolute atomic E-state index is 0.177. The van der Waals surface area contributed by atoms with Gasteiger partial charge in [0.1, 0.15) is 5.78 Å². The molecule has 3 aliphatic rings. The smallest absolute Gasteiger partial charge is 0.225 e. The van der Waals surface area contributed by atoms with E-state index < -0.39 is 0 Å². The van der Waals surface area contributed by atoms with E-state index >= 15 is 0 Å². The van der Waals surface area contributed by atoms with Crippen LogP contribution in [0.15, 0.2) is 12.4 Å². The number of anilines is 1. The van der Waals surface area contributed by atoms with Gasteiger partial charge in [-0.1, -0.05) is 13.8 Å². The van der Waals surface area contributed by atoms with E-state index in [4.69, 9.17) is 9.97 Å². The molecule has 1 aromatic heterocycles. The zero-order valence-electron chi connectivity index (χ0n) is 20.8. The van der Waals surface area contributed by atoms with Gasteiger partial charge in [0.25, 0.3) is 0 Å². The highest BCUT2D eigenvalue weighted by Gasteiger charge is 2.41. The highest BCUT2D eigenvalue weighted by Crippen LogP contribution is 2.34. The van der Waals surface area contributed by atoms with E-state index in [-0.39, 0.29) is 5.92 Å². The van der Waals surface area contributed by atoms with E-state index in [1.807, 2.05) is 26.2 Å². The van der Waals surface area contributed by atoms with Crippen LogP contribution in [0.2, 0.25) is 0 Å². The van der Waals surface area contributed by atoms with E-state index in [0.29, 0.717) is 35.7 Å². The van der Waals surface area contributed by atoms with E-state index in [1.54, 1.807) is 0 Å². The standard InChI is InChI=1S/C26H43N5O/c1-18(2)25(32)22-8-6-20(7-9-22)14-29(5)15-21-12-27-26(28-13-21)31-23-10-11-24(31)17-30(16-23)19(3)4/h12-13,18-20,22-24H,6-11,14-17H2,1-5H3. The van der Waals surface area contributed by atoms with E-state index in [9.17, 15) is 4.79 Å². The maximum Gasteiger partial charge on any atom is 0.225 e. The molecule has 6 heteroatoms. The second-order valence-corrected chi connectivity index (χ2v) is 11.2. The predicted octanol–water partition coefficient (Wildman–Crippen LogP) is 4.00. The van der Waals surface area contributed by atoms with Crippen molar-refractivity contribution in [2.24, 2.45) is 17.8 Å². The van der Waals surface area contributed by atoms with Crippen molar-refractivity contribution in [2.45, 2.75) is 90.9 Å². The quantitative estimate of drug-likeness (QED) is 0.608. The number of carbonyl (C=O) groups is 1. The van der Waals surface area contributed by atoms with Crippen LogP contribution in [0.3, 0.4) is 0 Å². The molecule has 0 aromatic carbocycles. The molecule has 1 aromatic rings. The third-order valence-corrected chi connectivity index (χ3v) is 8.00. The number of fused-ring (bicyclic) bond motifs is 2. The highest BCUT2D eigenvalue weighted by molar-refractivity contribution is 5.82. The SMILES string of the molecule is CC(C)C(=O)C1CCC(CN(C)Cc2cnc(N3C4CCC3CN(C(C)C)C4)nc2)CC1. The number of ketones is 1. The summed E-state index contributed by atoms with van der Waals surface area (Å²) in [5.41, 5.74) is 1.19. The first-order valence-corrected chi connectivity index (χ1v) is 12.9. The number of rotatable bonds is 8. The lowest BCUT2D eigenvalue weighted by atomic mass is 9.77. The number of carbonyl (C=O) groups excluding carboxylic acids is 1. The lowest BCUT2D eigenvalue weighted by Gasteiger charge is -2.42. The molecule has 2 aliphatic heterocycles. The van der Waals surface area contributed by atoms with Gasteiger partial charge in [0.05, 0.1) is 0 Å². The molecular weight excluding hydrogens is 398 g/mol. The van der Waals surface area contributed by atoms with Crippen LogP contribution in [-0.2, 0) is 11.3 Å². The normalized spacial score (nSPS) is 28.8. The molecule has 0 amide bonds. The Bertz CT molecular complexity index is 742. The van der Waals surface area contributed by atoms with Crippen molar-refractivity contribution in [3.05, 3.63) is 18.0 Å². The molecule has 0 N–H and O–H groups in total. The summed E-state index contributed by atoms with van der Waals surface area (Å²) in [6.45, 7) is 12.9. The lowest BCUT2D eigenvalue weighted by Crippen LogP contribution is -2.56. The van der Waals surface area contributed by atoms with Crippen LogP contribution in [-0.4, -0.2) is 70.4 Å². The Kier molecular flexibility index (Phi) is 7.51. The molecule has 2 atom stereocenters. The molecule has 6 nitrogen and oxygen atoms in total. The Morgan fingerprint density at radius 2 is 1.59 bits per heavy atom. The molecule has 178 valence electrons. The van der Waals surface area contributed by atoms with Crippen molar-refractivity contribution in [3.63, 3.8) is 0 Å². The minimum Gasteiger partial charge on any atom is -0.332 e. The Hall–Kier alpha value is -1.53. The summed E-state index contributed by atoms with van der Waals surface area (Å²) in [4.78, 5) is 29.3. The van der Waals surface area contributed by atoms with E-state index in [2.05, 4.69) is 35.6 Å². The zero-order chi connectivity index (χ0) is 22.8. The second kappa shape index (κ2) is 10.2. The summed E-state index contributed by atoms with van der Waals surface area (Å²) in [6.07, 6.45) is 11.1. The maximum atomic E-state index is 12.3. The molecule has 3 heterocycles. The second-order valence-electron chi connectivity index (χ2n) is 11.2. The number of Topliss-reactive ketones (excluding diaryl/α,β-unsaturated/α-hetero) is 1. The summed E-state index contributed by atoms with van der Waals surface area (Å²) < 4.78 is 0. The summed E-state index contributed by atoms with van der Waals surface area (Å²) in [7, 11) is 2.20. The van der Waals surface area contributed by atoms with Crippen LogP contribution in [0.4, 0.5) is 5.95 Å². The van der Waals surface area contributed by atoms with Gasteiger partial charge in [0.2, 0.25) is 5.95 Å². The lowest BCUT2D eigenvalue weighted by molar-refractivity contribution is -0.127. The van der Waals surface area contributed by atoms with Crippen molar-refractivity contribution >= 4 is 11.7 Å². The first-order chi connectivity index (χ1) is 15.3. The van der Waals surface area contributed by atoms with Gasteiger partial charge in [0.15, 0.2) is 0 Å². The fraction of sp³-hybridized carbons (Fsp3) is 0.808. The average Bonchev–Trinajstić information content (AvgIpc) is 3.03. The minimum atomic E-state index is 0.177. The predicted molar refractivity (Wildman–Crippen MR) is 130 cm³/mol. The third kappa shape index (κ3) is 5.33. The largest absolute Gasteiger partial charge is 0.332 e. The van der Waals surface area contributed by atoms with Gasteiger partial charge in [-0.05, 0) is 65.3 Å². The van der Waals surface area contributed by atoms with Crippen LogP contribution in [0.25, 0.3) is 0 Å². The molecule has 4 rings (SSSR count). The van der Waals surface area contributed by atoms with Gasteiger partial charge < -0.3 is 9.80 Å². The van der Waals surface area contributed by atoms with Crippen molar-refractivity contribution in [1.82, 2.24) is 19.8 Å². The van der Waals surface area contributed by atoms with Crippen LogP contribution in [0.5, 0.6) is 0 Å². The molecule has 2 bridgehead atoms. The number of likely N-dealkylation sites (tertiary alicyclic amines) is 1. The fourth-order valence-electron chi connectivity index (χ4n) is 6.16. The average molecular weight is 442 g/mol. The van der Waals surface area contributed by atoms with Crippen molar-refractivity contribution < 1.29 is 4.79 Å². The van der Waals surface area contributed by atoms with Crippen molar-refractivity contribution in [3.8, 4) is 0 Å². The van der Waals surface area contributed by atoms with Gasteiger partial charge in [-0.25, -0.2) is 9.97 Å². The Labute approximate surface area is 194 Å². The van der Waals surface area contributed by atoms with Crippen molar-refractivity contribution in [2.75, 3.05) is 31.6 Å². The summed E-state index contributed by atoms with van der Waals surface area (Å²) in [5.74, 6) is 2.56. The van der Waals surface area contributed by atoms with Gasteiger partial charge in [-0.15, -0.1) is 0 Å². The summed E-state index contributed by atoms with van der Waals surface area (Å²) in [5, 5.41) is 0. The number of hydrogen-bond acceptors (Lipinski definition) is 6. The van der Waals surface area contributed by atoms with Crippen LogP contribution < -0.4 is 4.90 Å². The molecule has 0 spiro atoms.